The molecule has 1 aromatic carbocycles. The molecule has 1 aliphatic heterocycles. The highest BCUT2D eigenvalue weighted by Crippen LogP contribution is 2.27. The highest BCUT2D eigenvalue weighted by Gasteiger charge is 2.24. The first kappa shape index (κ1) is 17.5. The van der Waals surface area contributed by atoms with Crippen LogP contribution in [-0.2, 0) is 4.74 Å². The third kappa shape index (κ3) is 4.65. The Morgan fingerprint density at radius 3 is 2.56 bits per heavy atom. The molecule has 1 aromatic heterocycles. The van der Waals surface area contributed by atoms with Crippen molar-refractivity contribution in [3.05, 3.63) is 36.0 Å². The van der Waals surface area contributed by atoms with E-state index in [9.17, 15) is 4.79 Å². The van der Waals surface area contributed by atoms with Gasteiger partial charge in [0.25, 0.3) is 5.91 Å². The van der Waals surface area contributed by atoms with Gasteiger partial charge in [-0.05, 0) is 37.1 Å². The quantitative estimate of drug-likeness (QED) is 0.687. The van der Waals surface area contributed by atoms with E-state index in [2.05, 4.69) is 20.6 Å². The van der Waals surface area contributed by atoms with Crippen molar-refractivity contribution < 1.29 is 14.3 Å². The zero-order valence-corrected chi connectivity index (χ0v) is 15.0. The number of carbonyl (C=O) groups is 1. The third-order valence-corrected chi connectivity index (χ3v) is 4.55. The summed E-state index contributed by atoms with van der Waals surface area (Å²) in [6, 6.07) is 8.01. The number of rotatable bonds is 7. The Morgan fingerprint density at radius 2 is 1.89 bits per heavy atom. The normalized spacial score (nSPS) is 17.3. The summed E-state index contributed by atoms with van der Waals surface area (Å²) in [7, 11) is 0. The zero-order chi connectivity index (χ0) is 18.6. The summed E-state index contributed by atoms with van der Waals surface area (Å²) in [6.45, 7) is 1.50. The van der Waals surface area contributed by atoms with Crippen molar-refractivity contribution in [3.8, 4) is 5.75 Å². The van der Waals surface area contributed by atoms with Crippen LogP contribution in [0.3, 0.4) is 0 Å². The predicted octanol–water partition coefficient (Wildman–Crippen LogP) is 2.45. The van der Waals surface area contributed by atoms with Crippen LogP contribution in [0.4, 0.5) is 17.5 Å². The Kier molecular flexibility index (Phi) is 5.06. The summed E-state index contributed by atoms with van der Waals surface area (Å²) in [5, 5.41) is 6.37. The van der Waals surface area contributed by atoms with Crippen molar-refractivity contribution in [3.63, 3.8) is 0 Å². The number of aromatic nitrogens is 2. The molecule has 1 saturated heterocycles. The maximum atomic E-state index is 11.6. The van der Waals surface area contributed by atoms with Gasteiger partial charge < -0.3 is 25.8 Å². The standard InChI is InChI=1S/C19H23N5O3/c20-17(25)16-11-21-19(24-18(16)22-12-1-2-12)23-13-3-5-14(6-4-13)27-15-7-9-26-10-8-15/h3-6,11-12,15H,1-2,7-10H2,(H2,20,25)(H2,21,22,23,24). The van der Waals surface area contributed by atoms with Crippen molar-refractivity contribution in [1.82, 2.24) is 9.97 Å². The van der Waals surface area contributed by atoms with Crippen molar-refractivity contribution in [2.45, 2.75) is 37.8 Å². The summed E-state index contributed by atoms with van der Waals surface area (Å²) < 4.78 is 11.3. The van der Waals surface area contributed by atoms with E-state index in [1.165, 1.54) is 6.20 Å². The number of ether oxygens (including phenoxy) is 2. The van der Waals surface area contributed by atoms with E-state index in [1.807, 2.05) is 24.3 Å². The van der Waals surface area contributed by atoms with Crippen LogP contribution in [0, 0.1) is 0 Å². The second kappa shape index (κ2) is 7.79. The fraction of sp³-hybridized carbons (Fsp3) is 0.421. The Bertz CT molecular complexity index is 801. The SMILES string of the molecule is NC(=O)c1cnc(Nc2ccc(OC3CCOCC3)cc2)nc1NC1CC1. The fourth-order valence-electron chi connectivity index (χ4n) is 2.89. The Hall–Kier alpha value is -2.87. The predicted molar refractivity (Wildman–Crippen MR) is 101 cm³/mol. The largest absolute Gasteiger partial charge is 0.490 e. The van der Waals surface area contributed by atoms with Gasteiger partial charge in [0.15, 0.2) is 0 Å². The van der Waals surface area contributed by atoms with Crippen LogP contribution < -0.4 is 21.1 Å². The first-order chi connectivity index (χ1) is 13.2. The molecule has 8 nitrogen and oxygen atoms in total. The molecule has 1 amide bonds. The minimum Gasteiger partial charge on any atom is -0.490 e. The minimum atomic E-state index is -0.542. The molecule has 0 bridgehead atoms. The van der Waals surface area contributed by atoms with E-state index in [-0.39, 0.29) is 6.10 Å². The Labute approximate surface area is 157 Å². The monoisotopic (exact) mass is 369 g/mol. The highest BCUT2D eigenvalue weighted by molar-refractivity contribution is 5.97. The molecule has 1 saturated carbocycles. The van der Waals surface area contributed by atoms with Crippen molar-refractivity contribution in [1.29, 1.82) is 0 Å². The van der Waals surface area contributed by atoms with Gasteiger partial charge in [-0.2, -0.15) is 4.98 Å². The molecule has 2 fully saturated rings. The molecule has 4 rings (SSSR count). The second-order valence-electron chi connectivity index (χ2n) is 6.82. The van der Waals surface area contributed by atoms with Gasteiger partial charge in [0.05, 0.1) is 18.8 Å². The minimum absolute atomic E-state index is 0.207. The highest BCUT2D eigenvalue weighted by atomic mass is 16.5. The van der Waals surface area contributed by atoms with Crippen LogP contribution in [0.5, 0.6) is 5.75 Å². The molecule has 0 atom stereocenters. The van der Waals surface area contributed by atoms with Crippen LogP contribution >= 0.6 is 0 Å². The molecule has 8 heteroatoms. The van der Waals surface area contributed by atoms with E-state index < -0.39 is 5.91 Å². The first-order valence-corrected chi connectivity index (χ1v) is 9.22. The Balaban J connectivity index is 1.42. The summed E-state index contributed by atoms with van der Waals surface area (Å²) in [5.74, 6) is 1.16. The first-order valence-electron chi connectivity index (χ1n) is 9.22. The molecule has 27 heavy (non-hydrogen) atoms. The number of carbonyl (C=O) groups excluding carboxylic acids is 1. The average Bonchev–Trinajstić information content (AvgIpc) is 3.48. The van der Waals surface area contributed by atoms with Crippen molar-refractivity contribution in [2.75, 3.05) is 23.8 Å². The van der Waals surface area contributed by atoms with E-state index in [1.54, 1.807) is 0 Å². The number of hydrogen-bond donors (Lipinski definition) is 3. The molecule has 0 unspecified atom stereocenters. The van der Waals surface area contributed by atoms with Gasteiger partial charge in [-0.1, -0.05) is 0 Å². The van der Waals surface area contributed by atoms with E-state index in [4.69, 9.17) is 15.2 Å². The Morgan fingerprint density at radius 1 is 1.15 bits per heavy atom. The molecule has 2 aromatic rings. The van der Waals surface area contributed by atoms with Crippen molar-refractivity contribution in [2.24, 2.45) is 5.73 Å². The molecule has 0 radical (unpaired) electrons. The smallest absolute Gasteiger partial charge is 0.254 e. The van der Waals surface area contributed by atoms with Gasteiger partial charge in [-0.25, -0.2) is 4.98 Å². The molecule has 2 aliphatic rings. The van der Waals surface area contributed by atoms with Crippen LogP contribution in [-0.4, -0.2) is 41.2 Å². The summed E-state index contributed by atoms with van der Waals surface area (Å²) in [5.41, 5.74) is 6.54. The zero-order valence-electron chi connectivity index (χ0n) is 15.0. The number of benzene rings is 1. The van der Waals surface area contributed by atoms with Crippen LogP contribution in [0.25, 0.3) is 0 Å². The van der Waals surface area contributed by atoms with Crippen molar-refractivity contribution >= 4 is 23.4 Å². The molecular formula is C19H23N5O3. The lowest BCUT2D eigenvalue weighted by Gasteiger charge is -2.23. The van der Waals surface area contributed by atoms with Gasteiger partial charge >= 0.3 is 0 Å². The van der Waals surface area contributed by atoms with Crippen LogP contribution in [0.2, 0.25) is 0 Å². The van der Waals surface area contributed by atoms with Gasteiger partial charge in [0.1, 0.15) is 17.7 Å². The van der Waals surface area contributed by atoms with E-state index in [0.29, 0.717) is 23.4 Å². The number of nitrogens with two attached hydrogens (primary N) is 1. The van der Waals surface area contributed by atoms with E-state index in [0.717, 1.165) is 50.3 Å². The molecule has 142 valence electrons. The lowest BCUT2D eigenvalue weighted by molar-refractivity contribution is 0.0256. The number of nitrogens with zero attached hydrogens (tertiary/aromatic N) is 2. The topological polar surface area (TPSA) is 111 Å². The van der Waals surface area contributed by atoms with Gasteiger partial charge in [-0.15, -0.1) is 0 Å². The lowest BCUT2D eigenvalue weighted by atomic mass is 10.1. The maximum Gasteiger partial charge on any atom is 0.254 e. The second-order valence-corrected chi connectivity index (χ2v) is 6.82. The third-order valence-electron chi connectivity index (χ3n) is 4.55. The molecule has 4 N–H and O–H groups in total. The number of nitrogens with one attached hydrogen (secondary N) is 2. The van der Waals surface area contributed by atoms with Crippen LogP contribution in [0.1, 0.15) is 36.0 Å². The summed E-state index contributed by atoms with van der Waals surface area (Å²) in [6.07, 6.45) is 5.62. The molecule has 1 aliphatic carbocycles. The summed E-state index contributed by atoms with van der Waals surface area (Å²) >= 11 is 0. The summed E-state index contributed by atoms with van der Waals surface area (Å²) in [4.78, 5) is 20.2. The van der Waals surface area contributed by atoms with E-state index >= 15 is 0 Å². The number of anilines is 3. The maximum absolute atomic E-state index is 11.6. The van der Waals surface area contributed by atoms with Gasteiger partial charge in [0.2, 0.25) is 5.95 Å². The number of amides is 1. The fourth-order valence-corrected chi connectivity index (χ4v) is 2.89. The van der Waals surface area contributed by atoms with Gasteiger partial charge in [0, 0.05) is 30.8 Å². The lowest BCUT2D eigenvalue weighted by Crippen LogP contribution is -2.25. The molecule has 2 heterocycles. The number of primary amides is 1. The molecule has 0 spiro atoms. The molecular weight excluding hydrogens is 346 g/mol. The number of hydrogen-bond acceptors (Lipinski definition) is 7. The van der Waals surface area contributed by atoms with Gasteiger partial charge in [-0.3, -0.25) is 4.79 Å². The average molecular weight is 369 g/mol. The van der Waals surface area contributed by atoms with Crippen LogP contribution in [0.15, 0.2) is 30.5 Å².